The molecule has 0 atom stereocenters. The summed E-state index contributed by atoms with van der Waals surface area (Å²) in [6.07, 6.45) is 0. The Balaban J connectivity index is 2.44. The van der Waals surface area contributed by atoms with Crippen LogP contribution in [0.5, 0.6) is 0 Å². The van der Waals surface area contributed by atoms with Crippen molar-refractivity contribution in [3.63, 3.8) is 0 Å². The molecule has 2 N–H and O–H groups in total. The van der Waals surface area contributed by atoms with E-state index in [-0.39, 0.29) is 5.41 Å². The molecule has 18 heavy (non-hydrogen) atoms. The van der Waals surface area contributed by atoms with E-state index in [1.807, 2.05) is 14.0 Å². The summed E-state index contributed by atoms with van der Waals surface area (Å²) in [5.41, 5.74) is 10.6. The Kier molecular flexibility index (Phi) is 2.93. The van der Waals surface area contributed by atoms with Crippen molar-refractivity contribution in [3.05, 3.63) is 35.4 Å². The summed E-state index contributed by atoms with van der Waals surface area (Å²) < 4.78 is 1.72. The van der Waals surface area contributed by atoms with Gasteiger partial charge in [-0.1, -0.05) is 45.0 Å². The normalized spacial score (nSPS) is 11.8. The molecule has 0 unspecified atom stereocenters. The first-order chi connectivity index (χ1) is 8.30. The number of nitrogens with zero attached hydrogens (tertiary/aromatic N) is 2. The number of aryl methyl sites for hydroxylation is 1. The van der Waals surface area contributed by atoms with Gasteiger partial charge in [-0.2, -0.15) is 5.10 Å². The molecule has 0 fully saturated rings. The van der Waals surface area contributed by atoms with Gasteiger partial charge in [0.05, 0.1) is 5.69 Å². The van der Waals surface area contributed by atoms with Crippen molar-refractivity contribution in [1.82, 2.24) is 9.78 Å². The minimum absolute atomic E-state index is 0.177. The molecule has 1 heterocycles. The van der Waals surface area contributed by atoms with Crippen molar-refractivity contribution in [3.8, 4) is 11.3 Å². The molecule has 96 valence electrons. The Bertz CT molecular complexity index is 557. The summed E-state index contributed by atoms with van der Waals surface area (Å²) in [6, 6.07) is 8.57. The summed E-state index contributed by atoms with van der Waals surface area (Å²) in [7, 11) is 1.87. The zero-order valence-electron chi connectivity index (χ0n) is 11.8. The van der Waals surface area contributed by atoms with Crippen LogP contribution in [-0.2, 0) is 12.5 Å². The van der Waals surface area contributed by atoms with Crippen molar-refractivity contribution in [2.24, 2.45) is 7.05 Å². The van der Waals surface area contributed by atoms with Crippen molar-refractivity contribution in [2.45, 2.75) is 33.1 Å². The van der Waals surface area contributed by atoms with Crippen molar-refractivity contribution >= 4 is 5.82 Å². The van der Waals surface area contributed by atoms with Crippen LogP contribution in [0.4, 0.5) is 5.82 Å². The van der Waals surface area contributed by atoms with Crippen LogP contribution in [0, 0.1) is 6.92 Å². The summed E-state index contributed by atoms with van der Waals surface area (Å²) in [5.74, 6) is 0.727. The molecule has 0 aliphatic rings. The first kappa shape index (κ1) is 12.7. The second-order valence-electron chi connectivity index (χ2n) is 5.81. The Hall–Kier alpha value is -1.77. The van der Waals surface area contributed by atoms with Crippen LogP contribution in [0.3, 0.4) is 0 Å². The highest BCUT2D eigenvalue weighted by Gasteiger charge is 2.15. The molecule has 3 nitrogen and oxygen atoms in total. The van der Waals surface area contributed by atoms with E-state index in [0.29, 0.717) is 0 Å². The number of hydrogen-bond acceptors (Lipinski definition) is 2. The van der Waals surface area contributed by atoms with Crippen molar-refractivity contribution in [1.29, 1.82) is 0 Å². The highest BCUT2D eigenvalue weighted by atomic mass is 15.3. The third-order valence-corrected chi connectivity index (χ3v) is 3.36. The molecular weight excluding hydrogens is 222 g/mol. The van der Waals surface area contributed by atoms with Gasteiger partial charge in [-0.05, 0) is 17.9 Å². The first-order valence-corrected chi connectivity index (χ1v) is 6.20. The number of nitrogens with two attached hydrogens (primary N) is 1. The second-order valence-corrected chi connectivity index (χ2v) is 5.81. The minimum Gasteiger partial charge on any atom is -0.384 e. The van der Waals surface area contributed by atoms with Gasteiger partial charge in [0, 0.05) is 18.2 Å². The van der Waals surface area contributed by atoms with Crippen LogP contribution in [0.25, 0.3) is 11.3 Å². The molecule has 0 bridgehead atoms. The Labute approximate surface area is 109 Å². The Morgan fingerprint density at radius 1 is 1.11 bits per heavy atom. The number of hydrogen-bond donors (Lipinski definition) is 1. The molecule has 2 rings (SSSR count). The highest BCUT2D eigenvalue weighted by Crippen LogP contribution is 2.28. The molecule has 0 saturated heterocycles. The molecule has 0 radical (unpaired) electrons. The minimum atomic E-state index is 0.177. The predicted octanol–water partition coefficient (Wildman–Crippen LogP) is 3.28. The number of aromatic nitrogens is 2. The maximum atomic E-state index is 5.94. The first-order valence-electron chi connectivity index (χ1n) is 6.20. The van der Waals surface area contributed by atoms with Crippen molar-refractivity contribution < 1.29 is 0 Å². The highest BCUT2D eigenvalue weighted by molar-refractivity contribution is 5.68. The van der Waals surface area contributed by atoms with E-state index < -0.39 is 0 Å². The van der Waals surface area contributed by atoms with Crippen LogP contribution in [-0.4, -0.2) is 9.78 Å². The Morgan fingerprint density at radius 3 is 2.06 bits per heavy atom. The molecule has 1 aromatic heterocycles. The fourth-order valence-corrected chi connectivity index (χ4v) is 2.05. The van der Waals surface area contributed by atoms with Gasteiger partial charge in [0.15, 0.2) is 0 Å². The van der Waals surface area contributed by atoms with Gasteiger partial charge in [0.25, 0.3) is 0 Å². The van der Waals surface area contributed by atoms with Gasteiger partial charge in [-0.25, -0.2) is 0 Å². The molecule has 0 amide bonds. The van der Waals surface area contributed by atoms with E-state index >= 15 is 0 Å². The fraction of sp³-hybridized carbons (Fsp3) is 0.400. The quantitative estimate of drug-likeness (QED) is 0.835. The third kappa shape index (κ3) is 2.13. The molecule has 0 saturated carbocycles. The van der Waals surface area contributed by atoms with Crippen molar-refractivity contribution in [2.75, 3.05) is 5.73 Å². The average molecular weight is 243 g/mol. The van der Waals surface area contributed by atoms with Crippen LogP contribution in [0.15, 0.2) is 24.3 Å². The van der Waals surface area contributed by atoms with Gasteiger partial charge in [0.2, 0.25) is 0 Å². The summed E-state index contributed by atoms with van der Waals surface area (Å²) in [5, 5.41) is 4.46. The van der Waals surface area contributed by atoms with Crippen LogP contribution in [0.2, 0.25) is 0 Å². The van der Waals surface area contributed by atoms with E-state index in [2.05, 4.69) is 50.1 Å². The van der Waals surface area contributed by atoms with E-state index in [0.717, 1.165) is 22.6 Å². The zero-order chi connectivity index (χ0) is 13.5. The van der Waals surface area contributed by atoms with Crippen LogP contribution in [0.1, 0.15) is 31.9 Å². The lowest BCUT2D eigenvalue weighted by molar-refractivity contribution is 0.590. The zero-order valence-corrected chi connectivity index (χ0v) is 11.8. The molecule has 2 aromatic rings. The molecular formula is C15H21N3. The smallest absolute Gasteiger partial charge is 0.124 e. The number of benzene rings is 1. The predicted molar refractivity (Wildman–Crippen MR) is 76.5 cm³/mol. The summed E-state index contributed by atoms with van der Waals surface area (Å²) >= 11 is 0. The molecule has 1 aromatic carbocycles. The molecule has 0 aliphatic heterocycles. The molecule has 3 heteroatoms. The standard InChI is InChI=1S/C15H21N3/c1-10-13(17-18(5)14(10)16)11-6-8-12(9-7-11)15(2,3)4/h6-9H,16H2,1-5H3. The largest absolute Gasteiger partial charge is 0.384 e. The summed E-state index contributed by atoms with van der Waals surface area (Å²) in [6.45, 7) is 8.65. The van der Waals surface area contributed by atoms with E-state index in [9.17, 15) is 0 Å². The fourth-order valence-electron chi connectivity index (χ4n) is 2.05. The lowest BCUT2D eigenvalue weighted by Gasteiger charge is -2.19. The average Bonchev–Trinajstić information content (AvgIpc) is 2.56. The molecule has 0 aliphatic carbocycles. The third-order valence-electron chi connectivity index (χ3n) is 3.36. The number of rotatable bonds is 1. The van der Waals surface area contributed by atoms with Crippen LogP contribution >= 0.6 is 0 Å². The van der Waals surface area contributed by atoms with E-state index in [1.165, 1.54) is 5.56 Å². The van der Waals surface area contributed by atoms with Crippen LogP contribution < -0.4 is 5.73 Å². The van der Waals surface area contributed by atoms with Gasteiger partial charge < -0.3 is 5.73 Å². The maximum absolute atomic E-state index is 5.94. The number of nitrogen functional groups attached to an aromatic ring is 1. The van der Waals surface area contributed by atoms with Gasteiger partial charge >= 0.3 is 0 Å². The van der Waals surface area contributed by atoms with E-state index in [4.69, 9.17) is 5.73 Å². The van der Waals surface area contributed by atoms with Gasteiger partial charge in [-0.15, -0.1) is 0 Å². The number of anilines is 1. The second kappa shape index (κ2) is 4.16. The summed E-state index contributed by atoms with van der Waals surface area (Å²) in [4.78, 5) is 0. The van der Waals surface area contributed by atoms with Gasteiger partial charge in [-0.3, -0.25) is 4.68 Å². The topological polar surface area (TPSA) is 43.8 Å². The lowest BCUT2D eigenvalue weighted by atomic mass is 9.86. The monoisotopic (exact) mass is 243 g/mol. The molecule has 0 spiro atoms. The Morgan fingerprint density at radius 2 is 1.67 bits per heavy atom. The maximum Gasteiger partial charge on any atom is 0.124 e. The van der Waals surface area contributed by atoms with Gasteiger partial charge in [0.1, 0.15) is 5.82 Å². The lowest BCUT2D eigenvalue weighted by Crippen LogP contribution is -2.10. The SMILES string of the molecule is Cc1c(-c2ccc(C(C)(C)C)cc2)nn(C)c1N. The van der Waals surface area contributed by atoms with E-state index in [1.54, 1.807) is 4.68 Å².